The van der Waals surface area contributed by atoms with Gasteiger partial charge in [0, 0.05) is 13.1 Å². The van der Waals surface area contributed by atoms with E-state index in [4.69, 9.17) is 0 Å². The lowest BCUT2D eigenvalue weighted by atomic mass is 10.0. The predicted octanol–water partition coefficient (Wildman–Crippen LogP) is 3.53. The first kappa shape index (κ1) is 13.5. The third kappa shape index (κ3) is 3.10. The van der Waals surface area contributed by atoms with Crippen LogP contribution in [0.4, 0.5) is 5.13 Å². The lowest BCUT2D eigenvalue weighted by Gasteiger charge is -2.18. The number of carbonyl (C=O) groups excluding carboxylic acids is 1. The van der Waals surface area contributed by atoms with Gasteiger partial charge in [-0.25, -0.2) is 4.98 Å². The molecule has 0 radical (unpaired) electrons. The molecule has 2 rings (SSSR count). The van der Waals surface area contributed by atoms with Crippen molar-refractivity contribution in [1.29, 1.82) is 0 Å². The highest BCUT2D eigenvalue weighted by Crippen LogP contribution is 2.29. The number of aryl methyl sites for hydroxylation is 1. The first-order valence-corrected chi connectivity index (χ1v) is 7.76. The molecule has 0 bridgehead atoms. The SMILES string of the molecule is CCCc1nc(N2CCCC(C)CC2)sc1C=O. The molecule has 3 nitrogen and oxygen atoms in total. The van der Waals surface area contributed by atoms with Crippen LogP contribution in [0.15, 0.2) is 0 Å². The molecule has 0 spiro atoms. The number of thiazole rings is 1. The summed E-state index contributed by atoms with van der Waals surface area (Å²) in [5.41, 5.74) is 0.991. The molecule has 0 aromatic carbocycles. The maximum atomic E-state index is 11.1. The van der Waals surface area contributed by atoms with Gasteiger partial charge in [0.15, 0.2) is 11.4 Å². The third-order valence-corrected chi connectivity index (χ3v) is 4.68. The molecule has 1 atom stereocenters. The smallest absolute Gasteiger partial charge is 0.186 e. The van der Waals surface area contributed by atoms with E-state index in [2.05, 4.69) is 23.7 Å². The summed E-state index contributed by atoms with van der Waals surface area (Å²) in [7, 11) is 0. The van der Waals surface area contributed by atoms with Crippen LogP contribution in [0.1, 0.15) is 54.9 Å². The van der Waals surface area contributed by atoms with Crippen molar-refractivity contribution in [2.75, 3.05) is 18.0 Å². The quantitative estimate of drug-likeness (QED) is 0.782. The van der Waals surface area contributed by atoms with Crippen molar-refractivity contribution in [3.05, 3.63) is 10.6 Å². The molecule has 1 aliphatic heterocycles. The minimum Gasteiger partial charge on any atom is -0.348 e. The number of carbonyl (C=O) groups is 1. The number of rotatable bonds is 4. The zero-order chi connectivity index (χ0) is 13.0. The molecule has 100 valence electrons. The van der Waals surface area contributed by atoms with E-state index in [0.29, 0.717) is 0 Å². The molecule has 1 fully saturated rings. The van der Waals surface area contributed by atoms with Gasteiger partial charge in [-0.1, -0.05) is 31.6 Å². The van der Waals surface area contributed by atoms with Gasteiger partial charge in [0.05, 0.1) is 10.6 Å². The highest BCUT2D eigenvalue weighted by Gasteiger charge is 2.18. The van der Waals surface area contributed by atoms with E-state index < -0.39 is 0 Å². The van der Waals surface area contributed by atoms with Gasteiger partial charge >= 0.3 is 0 Å². The number of aldehydes is 1. The van der Waals surface area contributed by atoms with Gasteiger partial charge < -0.3 is 4.90 Å². The van der Waals surface area contributed by atoms with Crippen LogP contribution in [0.2, 0.25) is 0 Å². The number of aromatic nitrogens is 1. The lowest BCUT2D eigenvalue weighted by Crippen LogP contribution is -2.23. The topological polar surface area (TPSA) is 33.2 Å². The summed E-state index contributed by atoms with van der Waals surface area (Å²) in [6, 6.07) is 0. The van der Waals surface area contributed by atoms with Crippen molar-refractivity contribution in [2.24, 2.45) is 5.92 Å². The molecule has 18 heavy (non-hydrogen) atoms. The standard InChI is InChI=1S/C14H22N2OS/c1-3-5-12-13(10-17)18-14(15-12)16-8-4-6-11(2)7-9-16/h10-11H,3-9H2,1-2H3. The average molecular weight is 266 g/mol. The Hall–Kier alpha value is -0.900. The minimum absolute atomic E-state index is 0.815. The van der Waals surface area contributed by atoms with Crippen LogP contribution in [0.25, 0.3) is 0 Å². The van der Waals surface area contributed by atoms with Gasteiger partial charge in [-0.3, -0.25) is 4.79 Å². The summed E-state index contributed by atoms with van der Waals surface area (Å²) in [6.07, 6.45) is 6.70. The van der Waals surface area contributed by atoms with Gasteiger partial charge in [-0.2, -0.15) is 0 Å². The first-order valence-electron chi connectivity index (χ1n) is 6.94. The average Bonchev–Trinajstić information content (AvgIpc) is 2.64. The van der Waals surface area contributed by atoms with Gasteiger partial charge in [0.2, 0.25) is 0 Å². The Morgan fingerprint density at radius 2 is 2.28 bits per heavy atom. The van der Waals surface area contributed by atoms with Crippen molar-refractivity contribution in [1.82, 2.24) is 4.98 Å². The second-order valence-corrected chi connectivity index (χ2v) is 6.21. The molecule has 2 heterocycles. The third-order valence-electron chi connectivity index (χ3n) is 3.60. The van der Waals surface area contributed by atoms with Crippen LogP contribution in [-0.2, 0) is 6.42 Å². The first-order chi connectivity index (χ1) is 8.74. The van der Waals surface area contributed by atoms with Crippen LogP contribution in [0.5, 0.6) is 0 Å². The zero-order valence-corrected chi connectivity index (χ0v) is 12.1. The molecule has 1 saturated heterocycles. The van der Waals surface area contributed by atoms with Gasteiger partial charge in [0.25, 0.3) is 0 Å². The Morgan fingerprint density at radius 1 is 1.44 bits per heavy atom. The summed E-state index contributed by atoms with van der Waals surface area (Å²) in [4.78, 5) is 18.9. The van der Waals surface area contributed by atoms with Crippen LogP contribution in [-0.4, -0.2) is 24.4 Å². The minimum atomic E-state index is 0.815. The van der Waals surface area contributed by atoms with Crippen molar-refractivity contribution < 1.29 is 4.79 Å². The van der Waals surface area contributed by atoms with Crippen molar-refractivity contribution in [3.63, 3.8) is 0 Å². The summed E-state index contributed by atoms with van der Waals surface area (Å²) in [5.74, 6) is 0.815. The molecule has 0 aliphatic carbocycles. The number of hydrogen-bond acceptors (Lipinski definition) is 4. The second kappa shape index (κ2) is 6.32. The maximum absolute atomic E-state index is 11.1. The largest absolute Gasteiger partial charge is 0.348 e. The number of anilines is 1. The molecule has 1 aliphatic rings. The molecule has 0 amide bonds. The van der Waals surface area contributed by atoms with Crippen molar-refractivity contribution in [2.45, 2.75) is 46.0 Å². The molecule has 0 saturated carbocycles. The van der Waals surface area contributed by atoms with Crippen LogP contribution >= 0.6 is 11.3 Å². The van der Waals surface area contributed by atoms with Gasteiger partial charge in [-0.15, -0.1) is 0 Å². The lowest BCUT2D eigenvalue weighted by molar-refractivity contribution is 0.112. The van der Waals surface area contributed by atoms with Crippen LogP contribution in [0, 0.1) is 5.92 Å². The van der Waals surface area contributed by atoms with Gasteiger partial charge in [-0.05, 0) is 31.6 Å². The number of hydrogen-bond donors (Lipinski definition) is 0. The summed E-state index contributed by atoms with van der Waals surface area (Å²) in [6.45, 7) is 6.62. The monoisotopic (exact) mass is 266 g/mol. The Kier molecular flexibility index (Phi) is 4.75. The predicted molar refractivity (Wildman–Crippen MR) is 76.7 cm³/mol. The van der Waals surface area contributed by atoms with Gasteiger partial charge in [0.1, 0.15) is 0 Å². The fourth-order valence-electron chi connectivity index (χ4n) is 2.45. The molecular weight excluding hydrogens is 244 g/mol. The fourth-order valence-corrected chi connectivity index (χ4v) is 3.43. The second-order valence-electron chi connectivity index (χ2n) is 5.20. The van der Waals surface area contributed by atoms with E-state index in [9.17, 15) is 4.79 Å². The van der Waals surface area contributed by atoms with E-state index in [1.807, 2.05) is 0 Å². The van der Waals surface area contributed by atoms with Crippen LogP contribution in [0.3, 0.4) is 0 Å². The normalized spacial score (nSPS) is 20.8. The van der Waals surface area contributed by atoms with E-state index in [0.717, 1.165) is 53.8 Å². The van der Waals surface area contributed by atoms with E-state index in [1.54, 1.807) is 11.3 Å². The summed E-state index contributed by atoms with van der Waals surface area (Å²) < 4.78 is 0. The maximum Gasteiger partial charge on any atom is 0.186 e. The molecule has 4 heteroatoms. The molecule has 1 unspecified atom stereocenters. The van der Waals surface area contributed by atoms with Crippen molar-refractivity contribution >= 4 is 22.8 Å². The highest BCUT2D eigenvalue weighted by atomic mass is 32.1. The molecule has 1 aromatic heterocycles. The van der Waals surface area contributed by atoms with E-state index in [-0.39, 0.29) is 0 Å². The van der Waals surface area contributed by atoms with Crippen LogP contribution < -0.4 is 4.90 Å². The summed E-state index contributed by atoms with van der Waals surface area (Å²) in [5, 5.41) is 1.05. The molecule has 0 N–H and O–H groups in total. The molecule has 1 aromatic rings. The highest BCUT2D eigenvalue weighted by molar-refractivity contribution is 7.17. The van der Waals surface area contributed by atoms with E-state index in [1.165, 1.54) is 19.3 Å². The molecular formula is C14H22N2OS. The zero-order valence-electron chi connectivity index (χ0n) is 11.3. The Balaban J connectivity index is 2.14. The van der Waals surface area contributed by atoms with E-state index >= 15 is 0 Å². The summed E-state index contributed by atoms with van der Waals surface area (Å²) >= 11 is 1.56. The van der Waals surface area contributed by atoms with Crippen molar-refractivity contribution in [3.8, 4) is 0 Å². The Morgan fingerprint density at radius 3 is 3.00 bits per heavy atom. The number of nitrogens with zero attached hydrogens (tertiary/aromatic N) is 2. The fraction of sp³-hybridized carbons (Fsp3) is 0.714. The Bertz CT molecular complexity index is 402. The Labute approximate surface area is 113 Å².